The Morgan fingerprint density at radius 2 is 1.79 bits per heavy atom. The van der Waals surface area contributed by atoms with Crippen molar-refractivity contribution in [2.45, 2.75) is 13.3 Å². The number of sulfonamides is 1. The van der Waals surface area contributed by atoms with Gasteiger partial charge in [0.2, 0.25) is 10.0 Å². The van der Waals surface area contributed by atoms with Gasteiger partial charge >= 0.3 is 5.97 Å². The first-order chi connectivity index (χ1) is 13.7. The summed E-state index contributed by atoms with van der Waals surface area (Å²) in [5.41, 5.74) is 4.10. The molecule has 0 radical (unpaired) electrons. The quantitative estimate of drug-likeness (QED) is 0.474. The SMILES string of the molecule is CCc1sc(C(=O)O)c(-c2ccc(-c3cccc(NS(C)(=O)=O)c3)cc2)c1C=N. The van der Waals surface area contributed by atoms with Crippen LogP contribution in [0.5, 0.6) is 0 Å². The molecular weight excluding hydrogens is 408 g/mol. The summed E-state index contributed by atoms with van der Waals surface area (Å²) in [5.74, 6) is -1.00. The summed E-state index contributed by atoms with van der Waals surface area (Å²) < 4.78 is 25.4. The minimum absolute atomic E-state index is 0.229. The van der Waals surface area contributed by atoms with Crippen molar-refractivity contribution in [1.29, 1.82) is 5.41 Å². The van der Waals surface area contributed by atoms with Gasteiger partial charge in [-0.1, -0.05) is 43.3 Å². The third-order valence-corrected chi connectivity index (χ3v) is 6.30. The lowest BCUT2D eigenvalue weighted by Crippen LogP contribution is -2.09. The maximum Gasteiger partial charge on any atom is 0.346 e. The van der Waals surface area contributed by atoms with E-state index in [1.54, 1.807) is 18.2 Å². The van der Waals surface area contributed by atoms with E-state index in [0.29, 0.717) is 23.2 Å². The molecule has 3 N–H and O–H groups in total. The predicted molar refractivity (Wildman–Crippen MR) is 118 cm³/mol. The van der Waals surface area contributed by atoms with Gasteiger partial charge in [-0.2, -0.15) is 0 Å². The number of rotatable bonds is 7. The molecule has 3 aromatic rings. The summed E-state index contributed by atoms with van der Waals surface area (Å²) >= 11 is 1.21. The Morgan fingerprint density at radius 3 is 2.34 bits per heavy atom. The smallest absolute Gasteiger partial charge is 0.346 e. The van der Waals surface area contributed by atoms with Crippen molar-refractivity contribution in [3.05, 3.63) is 63.8 Å². The minimum atomic E-state index is -3.37. The third-order valence-electron chi connectivity index (χ3n) is 4.35. The van der Waals surface area contributed by atoms with Crippen molar-refractivity contribution in [3.63, 3.8) is 0 Å². The number of carboxylic acids is 1. The second-order valence-electron chi connectivity index (χ2n) is 6.48. The van der Waals surface area contributed by atoms with Crippen LogP contribution in [0.2, 0.25) is 0 Å². The molecule has 0 aliphatic carbocycles. The third kappa shape index (κ3) is 4.55. The van der Waals surface area contributed by atoms with Gasteiger partial charge in [0.25, 0.3) is 0 Å². The second kappa shape index (κ2) is 8.18. The summed E-state index contributed by atoms with van der Waals surface area (Å²) in [7, 11) is -3.37. The molecule has 0 aliphatic rings. The van der Waals surface area contributed by atoms with E-state index in [4.69, 9.17) is 5.41 Å². The Balaban J connectivity index is 2.02. The monoisotopic (exact) mass is 428 g/mol. The Bertz CT molecular complexity index is 1180. The number of carboxylic acid groups (broad SMARTS) is 1. The molecule has 6 nitrogen and oxygen atoms in total. The van der Waals surface area contributed by atoms with E-state index in [-0.39, 0.29) is 4.88 Å². The molecule has 150 valence electrons. The van der Waals surface area contributed by atoms with Crippen molar-refractivity contribution < 1.29 is 18.3 Å². The topological polar surface area (TPSA) is 107 Å². The highest BCUT2D eigenvalue weighted by molar-refractivity contribution is 7.92. The average Bonchev–Trinajstić information content (AvgIpc) is 3.06. The number of nitrogens with one attached hydrogen (secondary N) is 2. The second-order valence-corrected chi connectivity index (χ2v) is 9.33. The molecule has 0 amide bonds. The van der Waals surface area contributed by atoms with Crippen molar-refractivity contribution in [1.82, 2.24) is 0 Å². The average molecular weight is 429 g/mol. The lowest BCUT2D eigenvalue weighted by atomic mass is 9.97. The Hall–Kier alpha value is -2.97. The number of benzene rings is 2. The van der Waals surface area contributed by atoms with E-state index >= 15 is 0 Å². The minimum Gasteiger partial charge on any atom is -0.477 e. The summed E-state index contributed by atoms with van der Waals surface area (Å²) in [4.78, 5) is 12.8. The van der Waals surface area contributed by atoms with E-state index < -0.39 is 16.0 Å². The standard InChI is InChI=1S/C21H20N2O4S2/c1-3-18-17(12-22)19(20(28-18)21(24)25)14-9-7-13(8-10-14)15-5-4-6-16(11-15)23-29(2,26)27/h4-12,22-23H,3H2,1-2H3,(H,24,25). The van der Waals surface area contributed by atoms with Crippen LogP contribution in [0.4, 0.5) is 5.69 Å². The van der Waals surface area contributed by atoms with Gasteiger partial charge in [-0.05, 0) is 35.2 Å². The highest BCUT2D eigenvalue weighted by Gasteiger charge is 2.21. The summed E-state index contributed by atoms with van der Waals surface area (Å²) in [6.07, 6.45) is 2.97. The van der Waals surface area contributed by atoms with Crippen molar-refractivity contribution in [2.24, 2.45) is 0 Å². The van der Waals surface area contributed by atoms with Crippen LogP contribution in [0, 0.1) is 5.41 Å². The highest BCUT2D eigenvalue weighted by atomic mass is 32.2. The van der Waals surface area contributed by atoms with Gasteiger partial charge in [0.15, 0.2) is 0 Å². The maximum absolute atomic E-state index is 11.7. The van der Waals surface area contributed by atoms with Crippen LogP contribution in [0.1, 0.15) is 27.0 Å². The van der Waals surface area contributed by atoms with Crippen LogP contribution < -0.4 is 4.72 Å². The van der Waals surface area contributed by atoms with Crippen molar-refractivity contribution in [2.75, 3.05) is 11.0 Å². The van der Waals surface area contributed by atoms with Gasteiger partial charge < -0.3 is 10.5 Å². The molecule has 0 aliphatic heterocycles. The zero-order valence-corrected chi connectivity index (χ0v) is 17.5. The molecule has 0 atom stereocenters. The van der Waals surface area contributed by atoms with Gasteiger partial charge in [0.1, 0.15) is 4.88 Å². The normalized spacial score (nSPS) is 11.2. The molecular formula is C21H20N2O4S2. The first-order valence-corrected chi connectivity index (χ1v) is 11.5. The van der Waals surface area contributed by atoms with E-state index in [1.165, 1.54) is 17.6 Å². The van der Waals surface area contributed by atoms with E-state index in [0.717, 1.165) is 27.8 Å². The number of anilines is 1. The lowest BCUT2D eigenvalue weighted by molar-refractivity contribution is 0.0703. The fraction of sp³-hybridized carbons (Fsp3) is 0.143. The van der Waals surface area contributed by atoms with E-state index in [1.807, 2.05) is 37.3 Å². The van der Waals surface area contributed by atoms with Crippen molar-refractivity contribution in [3.8, 4) is 22.3 Å². The predicted octanol–water partition coefficient (Wildman–Crippen LogP) is 4.71. The summed E-state index contributed by atoms with van der Waals surface area (Å²) in [5, 5.41) is 17.3. The lowest BCUT2D eigenvalue weighted by Gasteiger charge is -2.09. The van der Waals surface area contributed by atoms with Crippen LogP contribution in [-0.4, -0.2) is 32.0 Å². The van der Waals surface area contributed by atoms with Crippen LogP contribution in [0.25, 0.3) is 22.3 Å². The van der Waals surface area contributed by atoms with Crippen LogP contribution in [-0.2, 0) is 16.4 Å². The van der Waals surface area contributed by atoms with Crippen molar-refractivity contribution >= 4 is 39.2 Å². The molecule has 0 saturated heterocycles. The number of carbonyl (C=O) groups is 1. The van der Waals surface area contributed by atoms with E-state index in [2.05, 4.69) is 4.72 Å². The molecule has 1 aromatic heterocycles. The number of aromatic carboxylic acids is 1. The van der Waals surface area contributed by atoms with Gasteiger partial charge in [0.05, 0.1) is 6.26 Å². The number of hydrogen-bond donors (Lipinski definition) is 3. The Labute approximate surface area is 173 Å². The Morgan fingerprint density at radius 1 is 1.14 bits per heavy atom. The number of thiophene rings is 1. The first-order valence-electron chi connectivity index (χ1n) is 8.81. The van der Waals surface area contributed by atoms with Gasteiger partial charge in [-0.15, -0.1) is 11.3 Å². The fourth-order valence-corrected chi connectivity index (χ4v) is 4.78. The first kappa shape index (κ1) is 20.8. The van der Waals surface area contributed by atoms with Crippen LogP contribution in [0.3, 0.4) is 0 Å². The maximum atomic E-state index is 11.7. The molecule has 0 bridgehead atoms. The molecule has 3 rings (SSSR count). The van der Waals surface area contributed by atoms with Crippen LogP contribution in [0.15, 0.2) is 48.5 Å². The molecule has 0 unspecified atom stereocenters. The molecule has 8 heteroatoms. The number of hydrogen-bond acceptors (Lipinski definition) is 5. The van der Waals surface area contributed by atoms with Gasteiger partial charge in [-0.3, -0.25) is 4.72 Å². The summed E-state index contributed by atoms with van der Waals surface area (Å²) in [6, 6.07) is 14.4. The Kier molecular flexibility index (Phi) is 5.86. The molecule has 1 heterocycles. The molecule has 2 aromatic carbocycles. The largest absolute Gasteiger partial charge is 0.477 e. The fourth-order valence-electron chi connectivity index (χ4n) is 3.15. The van der Waals surface area contributed by atoms with E-state index in [9.17, 15) is 18.3 Å². The molecule has 0 fully saturated rings. The van der Waals surface area contributed by atoms with Crippen LogP contribution >= 0.6 is 11.3 Å². The zero-order valence-electron chi connectivity index (χ0n) is 15.9. The molecule has 29 heavy (non-hydrogen) atoms. The highest BCUT2D eigenvalue weighted by Crippen LogP contribution is 2.37. The number of aryl methyl sites for hydroxylation is 1. The molecule has 0 spiro atoms. The van der Waals surface area contributed by atoms with Gasteiger partial charge in [-0.25, -0.2) is 13.2 Å². The molecule has 0 saturated carbocycles. The summed E-state index contributed by atoms with van der Waals surface area (Å²) in [6.45, 7) is 1.94. The van der Waals surface area contributed by atoms with Gasteiger partial charge in [0, 0.05) is 27.9 Å². The zero-order chi connectivity index (χ0) is 21.2.